The first-order chi connectivity index (χ1) is 4.34. The quantitative estimate of drug-likeness (QED) is 0.544. The highest BCUT2D eigenvalue weighted by Crippen LogP contribution is 2.28. The molecule has 1 aliphatic rings. The number of hydrogen-bond acceptors (Lipinski definition) is 2. The Kier molecular flexibility index (Phi) is 3.27. The van der Waals surface area contributed by atoms with Crippen LogP contribution in [0.15, 0.2) is 0 Å². The Hall–Kier alpha value is 0.700. The summed E-state index contributed by atoms with van der Waals surface area (Å²) in [6.07, 6.45) is 5.41. The molecule has 1 fully saturated rings. The van der Waals surface area contributed by atoms with Gasteiger partial charge in [-0.15, -0.1) is 0 Å². The summed E-state index contributed by atoms with van der Waals surface area (Å²) in [5.41, 5.74) is 0. The highest BCUT2D eigenvalue weighted by Gasteiger charge is 2.19. The summed E-state index contributed by atoms with van der Waals surface area (Å²) in [4.78, 5) is 0. The molecule has 2 heteroatoms. The molecule has 1 rings (SSSR count). The summed E-state index contributed by atoms with van der Waals surface area (Å²) in [6, 6.07) is 0. The topological polar surface area (TPSA) is 0 Å². The van der Waals surface area contributed by atoms with Gasteiger partial charge in [-0.2, -0.15) is 25.3 Å². The van der Waals surface area contributed by atoms with Crippen molar-refractivity contribution in [1.29, 1.82) is 0 Å². The van der Waals surface area contributed by atoms with Crippen molar-refractivity contribution in [2.45, 2.75) is 30.9 Å². The van der Waals surface area contributed by atoms with Gasteiger partial charge >= 0.3 is 0 Å². The third kappa shape index (κ3) is 2.08. The minimum absolute atomic E-state index is 0.635. The lowest BCUT2D eigenvalue weighted by atomic mass is 9.90. The molecule has 0 heterocycles. The molecule has 2 atom stereocenters. The van der Waals surface area contributed by atoms with Gasteiger partial charge in [-0.05, 0) is 24.5 Å². The lowest BCUT2D eigenvalue weighted by Crippen LogP contribution is -2.20. The summed E-state index contributed by atoms with van der Waals surface area (Å²) < 4.78 is 0. The maximum Gasteiger partial charge on any atom is 0.00528 e. The standard InChI is InChI=1S/C7H14S2/c8-5-6-3-1-2-4-7(6)9/h6-9H,1-5H2/t6-,7-/m1/s1. The summed E-state index contributed by atoms with van der Waals surface area (Å²) in [6.45, 7) is 0. The molecule has 1 aliphatic carbocycles. The van der Waals surface area contributed by atoms with Gasteiger partial charge in [0.2, 0.25) is 0 Å². The van der Waals surface area contributed by atoms with Gasteiger partial charge in [0.25, 0.3) is 0 Å². The van der Waals surface area contributed by atoms with Crippen LogP contribution < -0.4 is 0 Å². The van der Waals surface area contributed by atoms with Crippen molar-refractivity contribution >= 4 is 25.3 Å². The molecule has 0 bridgehead atoms. The fourth-order valence-corrected chi connectivity index (χ4v) is 2.44. The predicted octanol–water partition coefficient (Wildman–Crippen LogP) is 2.40. The van der Waals surface area contributed by atoms with Crippen molar-refractivity contribution in [1.82, 2.24) is 0 Å². The van der Waals surface area contributed by atoms with Crippen LogP contribution in [0.3, 0.4) is 0 Å². The molecule has 0 aliphatic heterocycles. The van der Waals surface area contributed by atoms with Gasteiger partial charge in [-0.1, -0.05) is 12.8 Å². The molecule has 1 saturated carbocycles. The van der Waals surface area contributed by atoms with E-state index in [0.717, 1.165) is 11.7 Å². The highest BCUT2D eigenvalue weighted by atomic mass is 32.1. The smallest absolute Gasteiger partial charge is 0.00528 e. The van der Waals surface area contributed by atoms with Crippen LogP contribution in [-0.4, -0.2) is 11.0 Å². The van der Waals surface area contributed by atoms with Gasteiger partial charge in [0, 0.05) is 5.25 Å². The van der Waals surface area contributed by atoms with Gasteiger partial charge in [-0.3, -0.25) is 0 Å². The van der Waals surface area contributed by atoms with Gasteiger partial charge in [0.1, 0.15) is 0 Å². The zero-order chi connectivity index (χ0) is 6.69. The second-order valence-electron chi connectivity index (χ2n) is 2.79. The van der Waals surface area contributed by atoms with Crippen LogP contribution in [0.1, 0.15) is 25.7 Å². The zero-order valence-corrected chi connectivity index (χ0v) is 7.37. The molecule has 0 nitrogen and oxygen atoms in total. The van der Waals surface area contributed by atoms with Crippen molar-refractivity contribution in [3.05, 3.63) is 0 Å². The molecule has 0 aromatic rings. The first kappa shape index (κ1) is 7.80. The second-order valence-corrected chi connectivity index (χ2v) is 3.82. The molecule has 0 aromatic carbocycles. The normalized spacial score (nSPS) is 36.7. The van der Waals surface area contributed by atoms with Crippen molar-refractivity contribution in [3.8, 4) is 0 Å². The first-order valence-electron chi connectivity index (χ1n) is 3.63. The second kappa shape index (κ2) is 3.77. The van der Waals surface area contributed by atoms with Crippen LogP contribution in [0.4, 0.5) is 0 Å². The largest absolute Gasteiger partial charge is 0.179 e. The van der Waals surface area contributed by atoms with E-state index in [1.165, 1.54) is 25.7 Å². The Morgan fingerprint density at radius 2 is 1.89 bits per heavy atom. The molecule has 0 spiro atoms. The van der Waals surface area contributed by atoms with Crippen LogP contribution in [0.2, 0.25) is 0 Å². The molecule has 0 saturated heterocycles. The van der Waals surface area contributed by atoms with E-state index in [9.17, 15) is 0 Å². The number of rotatable bonds is 1. The molecule has 0 aromatic heterocycles. The summed E-state index contributed by atoms with van der Waals surface area (Å²) in [7, 11) is 0. The van der Waals surface area contributed by atoms with E-state index >= 15 is 0 Å². The number of hydrogen-bond donors (Lipinski definition) is 2. The monoisotopic (exact) mass is 162 g/mol. The molecular weight excluding hydrogens is 148 g/mol. The number of thiol groups is 2. The lowest BCUT2D eigenvalue weighted by Gasteiger charge is -2.26. The van der Waals surface area contributed by atoms with E-state index in [4.69, 9.17) is 0 Å². The molecule has 0 amide bonds. The highest BCUT2D eigenvalue weighted by molar-refractivity contribution is 7.81. The minimum Gasteiger partial charge on any atom is -0.179 e. The maximum atomic E-state index is 4.49. The van der Waals surface area contributed by atoms with E-state index in [2.05, 4.69) is 25.3 Å². The first-order valence-corrected chi connectivity index (χ1v) is 4.78. The Morgan fingerprint density at radius 3 is 2.33 bits per heavy atom. The molecule has 54 valence electrons. The van der Waals surface area contributed by atoms with Crippen LogP contribution >= 0.6 is 25.3 Å². The van der Waals surface area contributed by atoms with Crippen LogP contribution in [0.25, 0.3) is 0 Å². The van der Waals surface area contributed by atoms with Crippen molar-refractivity contribution in [2.24, 2.45) is 5.92 Å². The SMILES string of the molecule is SC[C@H]1CCCC[C@H]1S. The van der Waals surface area contributed by atoms with Gasteiger partial charge in [-0.25, -0.2) is 0 Å². The van der Waals surface area contributed by atoms with E-state index in [1.807, 2.05) is 0 Å². The Labute approximate surface area is 68.2 Å². The molecule has 0 radical (unpaired) electrons. The van der Waals surface area contributed by atoms with Crippen molar-refractivity contribution in [3.63, 3.8) is 0 Å². The zero-order valence-electron chi connectivity index (χ0n) is 5.58. The van der Waals surface area contributed by atoms with Crippen LogP contribution in [-0.2, 0) is 0 Å². The summed E-state index contributed by atoms with van der Waals surface area (Å²) in [5.74, 6) is 1.80. The lowest BCUT2D eigenvalue weighted by molar-refractivity contribution is 0.406. The minimum atomic E-state index is 0.635. The Morgan fingerprint density at radius 1 is 1.22 bits per heavy atom. The average molecular weight is 162 g/mol. The molecule has 9 heavy (non-hydrogen) atoms. The Bertz CT molecular complexity index is 83.0. The van der Waals surface area contributed by atoms with Gasteiger partial charge in [0.05, 0.1) is 0 Å². The van der Waals surface area contributed by atoms with Gasteiger partial charge < -0.3 is 0 Å². The third-order valence-corrected chi connectivity index (χ3v) is 3.25. The fraction of sp³-hybridized carbons (Fsp3) is 1.00. The van der Waals surface area contributed by atoms with Crippen molar-refractivity contribution in [2.75, 3.05) is 5.75 Å². The molecule has 0 N–H and O–H groups in total. The van der Waals surface area contributed by atoms with E-state index in [1.54, 1.807) is 0 Å². The van der Waals surface area contributed by atoms with Gasteiger partial charge in [0.15, 0.2) is 0 Å². The fourth-order valence-electron chi connectivity index (χ4n) is 1.40. The molecular formula is C7H14S2. The summed E-state index contributed by atoms with van der Waals surface area (Å²) >= 11 is 8.76. The van der Waals surface area contributed by atoms with Crippen molar-refractivity contribution < 1.29 is 0 Å². The maximum absolute atomic E-state index is 4.49. The van der Waals surface area contributed by atoms with Crippen LogP contribution in [0, 0.1) is 5.92 Å². The third-order valence-electron chi connectivity index (χ3n) is 2.10. The predicted molar refractivity (Wildman–Crippen MR) is 48.6 cm³/mol. The van der Waals surface area contributed by atoms with E-state index in [0.29, 0.717) is 5.25 Å². The molecule has 0 unspecified atom stereocenters. The van der Waals surface area contributed by atoms with E-state index in [-0.39, 0.29) is 0 Å². The Balaban J connectivity index is 2.30. The van der Waals surface area contributed by atoms with E-state index < -0.39 is 0 Å². The summed E-state index contributed by atoms with van der Waals surface area (Å²) in [5, 5.41) is 0.635. The average Bonchev–Trinajstić information content (AvgIpc) is 1.89. The van der Waals surface area contributed by atoms with Crippen LogP contribution in [0.5, 0.6) is 0 Å².